The molecule has 0 aliphatic heterocycles. The van der Waals surface area contributed by atoms with Crippen LogP contribution in [0.1, 0.15) is 24.3 Å². The standard InChI is InChI=1S/C17H17N5O3S2/c1-3-25-12-7-5-11(6-8-12)22-10-9-13(23)14(21-22)15(24)18-16-19-20-17(27-16)26-4-2/h5-10H,3-4H2,1-2H3,(H,18,19,24). The Balaban J connectivity index is 1.81. The minimum atomic E-state index is -0.621. The quantitative estimate of drug-likeness (QED) is 0.478. The van der Waals surface area contributed by atoms with Gasteiger partial charge < -0.3 is 4.74 Å². The average Bonchev–Trinajstić information content (AvgIpc) is 3.10. The van der Waals surface area contributed by atoms with Gasteiger partial charge in [-0.25, -0.2) is 4.68 Å². The summed E-state index contributed by atoms with van der Waals surface area (Å²) in [6, 6.07) is 8.49. The van der Waals surface area contributed by atoms with Crippen LogP contribution in [0.15, 0.2) is 45.7 Å². The molecule has 8 nitrogen and oxygen atoms in total. The van der Waals surface area contributed by atoms with Gasteiger partial charge in [-0.3, -0.25) is 14.9 Å². The first-order chi connectivity index (χ1) is 13.1. The average molecular weight is 403 g/mol. The maximum atomic E-state index is 12.5. The number of carbonyl (C=O) groups is 1. The topological polar surface area (TPSA) is 99.0 Å². The number of hydrogen-bond donors (Lipinski definition) is 1. The second-order valence-corrected chi connectivity index (χ2v) is 7.65. The number of rotatable bonds is 7. The number of nitrogens with zero attached hydrogens (tertiary/aromatic N) is 4. The molecule has 0 bridgehead atoms. The molecule has 0 radical (unpaired) electrons. The second kappa shape index (κ2) is 8.78. The van der Waals surface area contributed by atoms with Crippen molar-refractivity contribution in [2.75, 3.05) is 17.7 Å². The molecule has 2 aromatic heterocycles. The Labute approximate surface area is 163 Å². The number of hydrogen-bond acceptors (Lipinski definition) is 8. The molecular weight excluding hydrogens is 386 g/mol. The van der Waals surface area contributed by atoms with Crippen molar-refractivity contribution in [2.45, 2.75) is 18.2 Å². The fraction of sp³-hybridized carbons (Fsp3) is 0.235. The van der Waals surface area contributed by atoms with Crippen LogP contribution in [0, 0.1) is 0 Å². The van der Waals surface area contributed by atoms with Crippen LogP contribution < -0.4 is 15.5 Å². The highest BCUT2D eigenvalue weighted by Gasteiger charge is 2.16. The predicted molar refractivity (Wildman–Crippen MR) is 105 cm³/mol. The van der Waals surface area contributed by atoms with Gasteiger partial charge in [-0.05, 0) is 36.9 Å². The largest absolute Gasteiger partial charge is 0.494 e. The van der Waals surface area contributed by atoms with E-state index in [0.717, 1.165) is 15.8 Å². The molecule has 140 valence electrons. The van der Waals surface area contributed by atoms with Crippen LogP contribution in [0.25, 0.3) is 5.69 Å². The van der Waals surface area contributed by atoms with Gasteiger partial charge in [0, 0.05) is 12.3 Å². The molecule has 0 saturated carbocycles. The summed E-state index contributed by atoms with van der Waals surface area (Å²) in [5.41, 5.74) is 0.0127. The molecule has 0 atom stereocenters. The van der Waals surface area contributed by atoms with Crippen LogP contribution in [-0.4, -0.2) is 38.2 Å². The van der Waals surface area contributed by atoms with Crippen molar-refractivity contribution in [3.63, 3.8) is 0 Å². The van der Waals surface area contributed by atoms with Gasteiger partial charge in [-0.1, -0.05) is 30.0 Å². The maximum Gasteiger partial charge on any atom is 0.282 e. The predicted octanol–water partition coefficient (Wildman–Crippen LogP) is 2.85. The monoisotopic (exact) mass is 403 g/mol. The molecule has 0 spiro atoms. The van der Waals surface area contributed by atoms with E-state index in [1.54, 1.807) is 24.3 Å². The normalized spacial score (nSPS) is 10.6. The summed E-state index contributed by atoms with van der Waals surface area (Å²) in [7, 11) is 0. The number of thioether (sulfide) groups is 1. The van der Waals surface area contributed by atoms with Gasteiger partial charge in [0.2, 0.25) is 10.6 Å². The van der Waals surface area contributed by atoms with Gasteiger partial charge in [-0.2, -0.15) is 5.10 Å². The number of benzene rings is 1. The summed E-state index contributed by atoms with van der Waals surface area (Å²) in [6.07, 6.45) is 1.51. The highest BCUT2D eigenvalue weighted by molar-refractivity contribution is 8.01. The molecule has 0 aliphatic rings. The molecule has 1 aromatic carbocycles. The Bertz CT molecular complexity index is 985. The minimum Gasteiger partial charge on any atom is -0.494 e. The van der Waals surface area contributed by atoms with E-state index in [1.165, 1.54) is 40.0 Å². The molecule has 3 aromatic rings. The van der Waals surface area contributed by atoms with Gasteiger partial charge in [0.15, 0.2) is 10.0 Å². The van der Waals surface area contributed by atoms with E-state index >= 15 is 0 Å². The molecule has 2 heterocycles. The second-order valence-electron chi connectivity index (χ2n) is 5.16. The van der Waals surface area contributed by atoms with Crippen molar-refractivity contribution in [1.82, 2.24) is 20.0 Å². The number of ether oxygens (including phenoxy) is 1. The Kier molecular flexibility index (Phi) is 6.20. The third kappa shape index (κ3) is 4.72. The zero-order valence-electron chi connectivity index (χ0n) is 14.7. The van der Waals surface area contributed by atoms with E-state index in [1.807, 2.05) is 13.8 Å². The minimum absolute atomic E-state index is 0.216. The first-order valence-corrected chi connectivity index (χ1v) is 10.0. The molecule has 0 unspecified atom stereocenters. The lowest BCUT2D eigenvalue weighted by atomic mass is 10.3. The van der Waals surface area contributed by atoms with Gasteiger partial charge in [0.25, 0.3) is 5.91 Å². The van der Waals surface area contributed by atoms with E-state index in [2.05, 4.69) is 20.6 Å². The van der Waals surface area contributed by atoms with Gasteiger partial charge >= 0.3 is 0 Å². The Morgan fingerprint density at radius 1 is 1.22 bits per heavy atom. The number of nitrogens with one attached hydrogen (secondary N) is 1. The molecule has 0 fully saturated rings. The molecule has 0 saturated heterocycles. The van der Waals surface area contributed by atoms with Crippen LogP contribution in [0.2, 0.25) is 0 Å². The van der Waals surface area contributed by atoms with E-state index in [-0.39, 0.29) is 5.69 Å². The van der Waals surface area contributed by atoms with Crippen molar-refractivity contribution < 1.29 is 9.53 Å². The smallest absolute Gasteiger partial charge is 0.282 e. The van der Waals surface area contributed by atoms with Crippen LogP contribution in [0.4, 0.5) is 5.13 Å². The lowest BCUT2D eigenvalue weighted by Crippen LogP contribution is -2.25. The Hall–Kier alpha value is -2.72. The third-order valence-corrected chi connectivity index (χ3v) is 5.18. The van der Waals surface area contributed by atoms with Gasteiger partial charge in [0.05, 0.1) is 12.3 Å². The van der Waals surface area contributed by atoms with Crippen LogP contribution in [0.5, 0.6) is 5.75 Å². The molecule has 27 heavy (non-hydrogen) atoms. The van der Waals surface area contributed by atoms with Crippen LogP contribution >= 0.6 is 23.1 Å². The maximum absolute atomic E-state index is 12.5. The highest BCUT2D eigenvalue weighted by atomic mass is 32.2. The third-order valence-electron chi connectivity index (χ3n) is 3.33. The van der Waals surface area contributed by atoms with Crippen LogP contribution in [-0.2, 0) is 0 Å². The van der Waals surface area contributed by atoms with Gasteiger partial charge in [0.1, 0.15) is 5.75 Å². The molecule has 10 heteroatoms. The summed E-state index contributed by atoms with van der Waals surface area (Å²) >= 11 is 2.78. The Morgan fingerprint density at radius 3 is 2.70 bits per heavy atom. The summed E-state index contributed by atoms with van der Waals surface area (Å²) in [5, 5.41) is 14.9. The highest BCUT2D eigenvalue weighted by Crippen LogP contribution is 2.25. The summed E-state index contributed by atoms with van der Waals surface area (Å²) in [6.45, 7) is 4.48. The number of anilines is 1. The molecule has 0 aliphatic carbocycles. The van der Waals surface area contributed by atoms with Crippen molar-refractivity contribution in [3.8, 4) is 11.4 Å². The van der Waals surface area contributed by atoms with Crippen molar-refractivity contribution >= 4 is 34.1 Å². The number of aromatic nitrogens is 4. The molecule has 3 rings (SSSR count). The number of amides is 1. The first-order valence-electron chi connectivity index (χ1n) is 8.21. The summed E-state index contributed by atoms with van der Waals surface area (Å²) in [5.74, 6) is 0.970. The van der Waals surface area contributed by atoms with Crippen molar-refractivity contribution in [1.29, 1.82) is 0 Å². The zero-order chi connectivity index (χ0) is 19.2. The lowest BCUT2D eigenvalue weighted by molar-refractivity contribution is 0.101. The first kappa shape index (κ1) is 19.1. The Morgan fingerprint density at radius 2 is 2.00 bits per heavy atom. The molecular formula is C17H17N5O3S2. The number of carbonyl (C=O) groups excluding carboxylic acids is 1. The fourth-order valence-electron chi connectivity index (χ4n) is 2.17. The van der Waals surface area contributed by atoms with E-state index in [9.17, 15) is 9.59 Å². The molecule has 1 amide bonds. The fourth-order valence-corrected chi connectivity index (χ4v) is 3.81. The SMILES string of the molecule is CCOc1ccc(-n2ccc(=O)c(C(=O)Nc3nnc(SCC)s3)n2)cc1. The lowest BCUT2D eigenvalue weighted by Gasteiger charge is -2.08. The van der Waals surface area contributed by atoms with E-state index in [0.29, 0.717) is 17.4 Å². The zero-order valence-corrected chi connectivity index (χ0v) is 16.3. The van der Waals surface area contributed by atoms with E-state index < -0.39 is 11.3 Å². The van der Waals surface area contributed by atoms with Crippen molar-refractivity contribution in [2.24, 2.45) is 0 Å². The van der Waals surface area contributed by atoms with Crippen LogP contribution in [0.3, 0.4) is 0 Å². The van der Waals surface area contributed by atoms with Crippen molar-refractivity contribution in [3.05, 3.63) is 52.4 Å². The molecule has 1 N–H and O–H groups in total. The van der Waals surface area contributed by atoms with E-state index in [4.69, 9.17) is 4.74 Å². The summed E-state index contributed by atoms with van der Waals surface area (Å²) < 4.78 is 7.62. The van der Waals surface area contributed by atoms with Gasteiger partial charge in [-0.15, -0.1) is 10.2 Å². The summed E-state index contributed by atoms with van der Waals surface area (Å²) in [4.78, 5) is 24.5.